The molecule has 7 heteroatoms. The molecule has 1 atom stereocenters. The standard InChI is InChI=1S/C22H23BrN2O4/c1-2-29-21(27)19-15-22(28,17-11-13-18(23)14-12-17)25(24-19)20(26)10-6-9-16-7-4-3-5-8-16/h3-5,7-8,11-14,28H,2,6,9-10,15H2,1H3. The molecule has 0 saturated carbocycles. The van der Waals surface area contributed by atoms with Gasteiger partial charge in [0.15, 0.2) is 11.4 Å². The molecule has 0 fully saturated rings. The summed E-state index contributed by atoms with van der Waals surface area (Å²) in [4.78, 5) is 25.1. The Labute approximate surface area is 178 Å². The Morgan fingerprint density at radius 1 is 1.17 bits per heavy atom. The summed E-state index contributed by atoms with van der Waals surface area (Å²) >= 11 is 3.36. The van der Waals surface area contributed by atoms with Crippen LogP contribution < -0.4 is 0 Å². The van der Waals surface area contributed by atoms with E-state index in [1.54, 1.807) is 31.2 Å². The van der Waals surface area contributed by atoms with Gasteiger partial charge in [0.25, 0.3) is 0 Å². The maximum Gasteiger partial charge on any atom is 0.354 e. The van der Waals surface area contributed by atoms with Crippen molar-refractivity contribution in [2.24, 2.45) is 5.10 Å². The van der Waals surface area contributed by atoms with Crippen molar-refractivity contribution in [1.82, 2.24) is 5.01 Å². The molecule has 2 aromatic carbocycles. The highest BCUT2D eigenvalue weighted by Gasteiger charge is 2.47. The van der Waals surface area contributed by atoms with Crippen molar-refractivity contribution in [3.05, 3.63) is 70.2 Å². The van der Waals surface area contributed by atoms with Crippen LogP contribution in [0.1, 0.15) is 37.3 Å². The fourth-order valence-electron chi connectivity index (χ4n) is 3.27. The number of halogens is 1. The lowest BCUT2D eigenvalue weighted by atomic mass is 9.97. The number of esters is 1. The third-order valence-corrected chi connectivity index (χ3v) is 5.27. The number of carbonyl (C=O) groups is 2. The highest BCUT2D eigenvalue weighted by atomic mass is 79.9. The Kier molecular flexibility index (Phi) is 6.82. The summed E-state index contributed by atoms with van der Waals surface area (Å²) in [6.45, 7) is 1.89. The predicted octanol–water partition coefficient (Wildman–Crippen LogP) is 3.77. The summed E-state index contributed by atoms with van der Waals surface area (Å²) in [5.74, 6) is -0.965. The zero-order valence-corrected chi connectivity index (χ0v) is 17.8. The van der Waals surface area contributed by atoms with Gasteiger partial charge in [0.1, 0.15) is 0 Å². The first kappa shape index (κ1) is 21.2. The molecular weight excluding hydrogens is 436 g/mol. The van der Waals surface area contributed by atoms with E-state index >= 15 is 0 Å². The first-order valence-electron chi connectivity index (χ1n) is 9.54. The summed E-state index contributed by atoms with van der Waals surface area (Å²) in [5, 5.41) is 16.5. The van der Waals surface area contributed by atoms with Crippen LogP contribution in [-0.2, 0) is 26.5 Å². The SMILES string of the molecule is CCOC(=O)C1=NN(C(=O)CCCc2ccccc2)C(O)(c2ccc(Br)cc2)C1. The monoisotopic (exact) mass is 458 g/mol. The van der Waals surface area contributed by atoms with Crippen molar-refractivity contribution in [1.29, 1.82) is 0 Å². The first-order valence-corrected chi connectivity index (χ1v) is 10.3. The van der Waals surface area contributed by atoms with Crippen LogP contribution in [0, 0.1) is 0 Å². The number of carbonyl (C=O) groups excluding carboxylic acids is 2. The van der Waals surface area contributed by atoms with Crippen LogP contribution in [0.2, 0.25) is 0 Å². The summed E-state index contributed by atoms with van der Waals surface area (Å²) in [5.41, 5.74) is -0.0541. The van der Waals surface area contributed by atoms with E-state index in [2.05, 4.69) is 21.0 Å². The summed E-state index contributed by atoms with van der Waals surface area (Å²) in [7, 11) is 0. The molecule has 6 nitrogen and oxygen atoms in total. The van der Waals surface area contributed by atoms with E-state index in [4.69, 9.17) is 4.74 Å². The van der Waals surface area contributed by atoms with Crippen LogP contribution in [0.15, 0.2) is 64.2 Å². The average Bonchev–Trinajstić information content (AvgIpc) is 3.08. The molecule has 152 valence electrons. The van der Waals surface area contributed by atoms with Crippen molar-refractivity contribution in [3.8, 4) is 0 Å². The van der Waals surface area contributed by atoms with E-state index < -0.39 is 11.7 Å². The van der Waals surface area contributed by atoms with Gasteiger partial charge in [0.05, 0.1) is 13.0 Å². The van der Waals surface area contributed by atoms with E-state index in [1.807, 2.05) is 30.3 Å². The van der Waals surface area contributed by atoms with Gasteiger partial charge in [-0.15, -0.1) is 0 Å². The zero-order valence-electron chi connectivity index (χ0n) is 16.2. The molecule has 1 aliphatic rings. The Morgan fingerprint density at radius 3 is 2.52 bits per heavy atom. The third-order valence-electron chi connectivity index (χ3n) is 4.74. The van der Waals surface area contributed by atoms with Gasteiger partial charge in [0.2, 0.25) is 5.91 Å². The van der Waals surface area contributed by atoms with Gasteiger partial charge in [-0.1, -0.05) is 58.4 Å². The number of hydrogen-bond acceptors (Lipinski definition) is 5. The lowest BCUT2D eigenvalue weighted by Crippen LogP contribution is -2.43. The van der Waals surface area contributed by atoms with Gasteiger partial charge in [0, 0.05) is 16.5 Å². The quantitative estimate of drug-likeness (QED) is 0.640. The first-order chi connectivity index (χ1) is 13.9. The molecule has 1 amide bonds. The Balaban J connectivity index is 1.78. The molecule has 0 aromatic heterocycles. The van der Waals surface area contributed by atoms with Crippen LogP contribution in [0.25, 0.3) is 0 Å². The molecule has 0 aliphatic carbocycles. The number of hydrogen-bond donors (Lipinski definition) is 1. The highest BCUT2D eigenvalue weighted by Crippen LogP contribution is 2.36. The molecule has 1 N–H and O–H groups in total. The Hall–Kier alpha value is -2.51. The molecule has 0 radical (unpaired) electrons. The van der Waals surface area contributed by atoms with Crippen molar-refractivity contribution in [3.63, 3.8) is 0 Å². The van der Waals surface area contributed by atoms with Crippen molar-refractivity contribution in [2.45, 2.75) is 38.3 Å². The number of nitrogens with zero attached hydrogens (tertiary/aromatic N) is 2. The van der Waals surface area contributed by atoms with Gasteiger partial charge in [-0.3, -0.25) is 4.79 Å². The molecule has 0 bridgehead atoms. The maximum absolute atomic E-state index is 12.9. The molecule has 3 rings (SSSR count). The van der Waals surface area contributed by atoms with E-state index in [0.717, 1.165) is 21.5 Å². The topological polar surface area (TPSA) is 79.2 Å². The second kappa shape index (κ2) is 9.33. The fraction of sp³-hybridized carbons (Fsp3) is 0.318. The minimum atomic E-state index is -1.72. The number of aryl methyl sites for hydroxylation is 1. The van der Waals surface area contributed by atoms with Crippen molar-refractivity contribution < 1.29 is 19.4 Å². The van der Waals surface area contributed by atoms with E-state index in [9.17, 15) is 14.7 Å². The summed E-state index contributed by atoms with van der Waals surface area (Å²) in [6, 6.07) is 16.8. The number of benzene rings is 2. The fourth-order valence-corrected chi connectivity index (χ4v) is 3.54. The van der Waals surface area contributed by atoms with Crippen LogP contribution in [-0.4, -0.2) is 34.3 Å². The minimum absolute atomic E-state index is 0.0358. The average molecular weight is 459 g/mol. The van der Waals surface area contributed by atoms with Crippen LogP contribution in [0.5, 0.6) is 0 Å². The summed E-state index contributed by atoms with van der Waals surface area (Å²) < 4.78 is 5.86. The minimum Gasteiger partial charge on any atom is -0.461 e. The Morgan fingerprint density at radius 2 is 1.86 bits per heavy atom. The lowest BCUT2D eigenvalue weighted by Gasteiger charge is -2.31. The van der Waals surface area contributed by atoms with Crippen LogP contribution in [0.3, 0.4) is 0 Å². The normalized spacial score (nSPS) is 18.4. The molecule has 1 aliphatic heterocycles. The van der Waals surface area contributed by atoms with Gasteiger partial charge in [-0.25, -0.2) is 4.79 Å². The molecule has 1 heterocycles. The van der Waals surface area contributed by atoms with Gasteiger partial charge in [-0.05, 0) is 37.5 Å². The van der Waals surface area contributed by atoms with Gasteiger partial charge < -0.3 is 9.84 Å². The number of ether oxygens (including phenoxy) is 1. The zero-order chi connectivity index (χ0) is 20.9. The number of aliphatic hydroxyl groups is 1. The van der Waals surface area contributed by atoms with Crippen molar-refractivity contribution in [2.75, 3.05) is 6.61 Å². The molecule has 2 aromatic rings. The second-order valence-electron chi connectivity index (χ2n) is 6.81. The van der Waals surface area contributed by atoms with Crippen LogP contribution in [0.4, 0.5) is 0 Å². The van der Waals surface area contributed by atoms with Gasteiger partial charge >= 0.3 is 5.97 Å². The van der Waals surface area contributed by atoms with Gasteiger partial charge in [-0.2, -0.15) is 10.1 Å². The second-order valence-corrected chi connectivity index (χ2v) is 7.73. The molecule has 1 unspecified atom stereocenters. The number of rotatable bonds is 7. The van der Waals surface area contributed by atoms with E-state index in [-0.39, 0.29) is 31.1 Å². The van der Waals surface area contributed by atoms with Crippen LogP contribution >= 0.6 is 15.9 Å². The highest BCUT2D eigenvalue weighted by molar-refractivity contribution is 9.10. The lowest BCUT2D eigenvalue weighted by molar-refractivity contribution is -0.158. The van der Waals surface area contributed by atoms with E-state index in [1.165, 1.54) is 0 Å². The maximum atomic E-state index is 12.9. The largest absolute Gasteiger partial charge is 0.461 e. The molecule has 0 spiro atoms. The Bertz CT molecular complexity index is 899. The summed E-state index contributed by atoms with van der Waals surface area (Å²) in [6.07, 6.45) is 1.44. The molecule has 0 saturated heterocycles. The molecular formula is C22H23BrN2O4. The van der Waals surface area contributed by atoms with Crippen molar-refractivity contribution >= 4 is 33.5 Å². The van der Waals surface area contributed by atoms with E-state index in [0.29, 0.717) is 12.0 Å². The smallest absolute Gasteiger partial charge is 0.354 e. The number of amides is 1. The third kappa shape index (κ3) is 4.92. The predicted molar refractivity (Wildman–Crippen MR) is 113 cm³/mol. The number of hydrazone groups is 1. The molecule has 29 heavy (non-hydrogen) atoms.